The molecule has 0 aliphatic rings. The standard InChI is InChI=1S/C21H16Cl2FN5O2S2/c1-29-18(9-31-14-5-3-13(24)4-6-14)27-28-21(29)33-11-19(30)26-20-25-17(10-32-20)15-7-2-12(22)8-16(15)23/h2-8,10H,9,11H2,1H3,(H,25,26,30). The van der Waals surface area contributed by atoms with Crippen molar-refractivity contribution in [3.63, 3.8) is 0 Å². The van der Waals surface area contributed by atoms with Crippen molar-refractivity contribution in [3.05, 3.63) is 69.5 Å². The van der Waals surface area contributed by atoms with E-state index >= 15 is 0 Å². The number of rotatable bonds is 8. The first-order chi connectivity index (χ1) is 15.9. The molecular formula is C21H16Cl2FN5O2S2. The summed E-state index contributed by atoms with van der Waals surface area (Å²) in [6, 6.07) is 10.9. The van der Waals surface area contributed by atoms with Crippen LogP contribution in [0.2, 0.25) is 10.0 Å². The SMILES string of the molecule is Cn1c(COc2ccc(F)cc2)nnc1SCC(=O)Nc1nc(-c2ccc(Cl)cc2Cl)cs1. The molecule has 0 fully saturated rings. The zero-order chi connectivity index (χ0) is 23.4. The first kappa shape index (κ1) is 23.5. The topological polar surface area (TPSA) is 81.9 Å². The fourth-order valence-corrected chi connectivity index (χ4v) is 4.67. The van der Waals surface area contributed by atoms with Gasteiger partial charge in [-0.05, 0) is 42.5 Å². The van der Waals surface area contributed by atoms with Crippen LogP contribution in [-0.4, -0.2) is 31.4 Å². The average molecular weight is 524 g/mol. The van der Waals surface area contributed by atoms with Crippen LogP contribution in [-0.2, 0) is 18.4 Å². The maximum absolute atomic E-state index is 13.0. The summed E-state index contributed by atoms with van der Waals surface area (Å²) in [6.07, 6.45) is 0. The Hall–Kier alpha value is -2.66. The molecule has 4 rings (SSSR count). The number of ether oxygens (including phenoxy) is 1. The van der Waals surface area contributed by atoms with Crippen molar-refractivity contribution >= 4 is 57.3 Å². The summed E-state index contributed by atoms with van der Waals surface area (Å²) in [5.74, 6) is 0.666. The largest absolute Gasteiger partial charge is 0.486 e. The fraction of sp³-hybridized carbons (Fsp3) is 0.143. The predicted octanol–water partition coefficient (Wildman–Crippen LogP) is 5.69. The van der Waals surface area contributed by atoms with E-state index in [1.807, 2.05) is 5.38 Å². The monoisotopic (exact) mass is 523 g/mol. The number of thiazole rings is 1. The smallest absolute Gasteiger partial charge is 0.236 e. The van der Waals surface area contributed by atoms with Gasteiger partial charge in [0.05, 0.1) is 16.5 Å². The number of aromatic nitrogens is 4. The minimum Gasteiger partial charge on any atom is -0.486 e. The molecule has 2 heterocycles. The Morgan fingerprint density at radius 2 is 2.00 bits per heavy atom. The summed E-state index contributed by atoms with van der Waals surface area (Å²) in [5, 5.41) is 14.8. The van der Waals surface area contributed by atoms with Crippen molar-refractivity contribution in [1.29, 1.82) is 0 Å². The zero-order valence-electron chi connectivity index (χ0n) is 17.1. The molecule has 2 aromatic carbocycles. The maximum Gasteiger partial charge on any atom is 0.236 e. The minimum atomic E-state index is -0.333. The maximum atomic E-state index is 13.0. The van der Waals surface area contributed by atoms with Gasteiger partial charge in [-0.3, -0.25) is 4.79 Å². The van der Waals surface area contributed by atoms with Gasteiger partial charge < -0.3 is 14.6 Å². The molecule has 2 aromatic heterocycles. The first-order valence-corrected chi connectivity index (χ1v) is 12.1. The Balaban J connectivity index is 1.30. The quantitative estimate of drug-likeness (QED) is 0.298. The van der Waals surface area contributed by atoms with Gasteiger partial charge in [0.2, 0.25) is 5.91 Å². The van der Waals surface area contributed by atoms with E-state index in [4.69, 9.17) is 27.9 Å². The number of hydrogen-bond acceptors (Lipinski definition) is 7. The third kappa shape index (κ3) is 6.02. The highest BCUT2D eigenvalue weighted by molar-refractivity contribution is 7.99. The van der Waals surface area contributed by atoms with Gasteiger partial charge in [-0.2, -0.15) is 0 Å². The summed E-state index contributed by atoms with van der Waals surface area (Å²) in [4.78, 5) is 16.8. The molecule has 1 amide bonds. The fourth-order valence-electron chi connectivity index (χ4n) is 2.71. The Labute approximate surface area is 206 Å². The number of thioether (sulfide) groups is 1. The van der Waals surface area contributed by atoms with Gasteiger partial charge in [0.25, 0.3) is 0 Å². The number of anilines is 1. The Kier molecular flexibility index (Phi) is 7.49. The van der Waals surface area contributed by atoms with Crippen LogP contribution in [0, 0.1) is 5.82 Å². The summed E-state index contributed by atoms with van der Waals surface area (Å²) in [6.45, 7) is 0.164. The third-order valence-electron chi connectivity index (χ3n) is 4.40. The molecule has 33 heavy (non-hydrogen) atoms. The minimum absolute atomic E-state index is 0.126. The van der Waals surface area contributed by atoms with Crippen LogP contribution in [0.1, 0.15) is 5.82 Å². The van der Waals surface area contributed by atoms with Gasteiger partial charge in [-0.15, -0.1) is 21.5 Å². The Morgan fingerprint density at radius 1 is 1.21 bits per heavy atom. The van der Waals surface area contributed by atoms with Crippen molar-refractivity contribution in [3.8, 4) is 17.0 Å². The lowest BCUT2D eigenvalue weighted by atomic mass is 10.2. The molecular weight excluding hydrogens is 508 g/mol. The van der Waals surface area contributed by atoms with Crippen molar-refractivity contribution in [2.24, 2.45) is 7.05 Å². The highest BCUT2D eigenvalue weighted by atomic mass is 35.5. The van der Waals surface area contributed by atoms with E-state index in [2.05, 4.69) is 20.5 Å². The van der Waals surface area contributed by atoms with Crippen molar-refractivity contribution in [1.82, 2.24) is 19.7 Å². The predicted molar refractivity (Wildman–Crippen MR) is 129 cm³/mol. The number of carbonyl (C=O) groups is 1. The van der Waals surface area contributed by atoms with Crippen LogP contribution >= 0.6 is 46.3 Å². The molecule has 0 bridgehead atoms. The van der Waals surface area contributed by atoms with Gasteiger partial charge in [-0.1, -0.05) is 35.0 Å². The summed E-state index contributed by atoms with van der Waals surface area (Å²) in [5.41, 5.74) is 1.39. The van der Waals surface area contributed by atoms with Gasteiger partial charge in [0, 0.05) is 23.0 Å². The van der Waals surface area contributed by atoms with E-state index in [0.717, 1.165) is 5.56 Å². The van der Waals surface area contributed by atoms with Crippen LogP contribution < -0.4 is 10.1 Å². The summed E-state index contributed by atoms with van der Waals surface area (Å²) < 4.78 is 20.3. The zero-order valence-corrected chi connectivity index (χ0v) is 20.2. The van der Waals surface area contributed by atoms with Gasteiger partial charge in [0.15, 0.2) is 16.1 Å². The Bertz CT molecular complexity index is 1280. The van der Waals surface area contributed by atoms with Crippen LogP contribution in [0.15, 0.2) is 53.0 Å². The second kappa shape index (κ2) is 10.5. The van der Waals surface area contributed by atoms with Crippen LogP contribution in [0.25, 0.3) is 11.3 Å². The van der Waals surface area contributed by atoms with Crippen molar-refractivity contribution < 1.29 is 13.9 Å². The van der Waals surface area contributed by atoms with Crippen LogP contribution in [0.3, 0.4) is 0 Å². The molecule has 0 aliphatic heterocycles. The van der Waals surface area contributed by atoms with E-state index in [-0.39, 0.29) is 24.1 Å². The molecule has 0 atom stereocenters. The second-order valence-electron chi connectivity index (χ2n) is 6.70. The normalized spacial score (nSPS) is 10.9. The Morgan fingerprint density at radius 3 is 2.76 bits per heavy atom. The molecule has 0 aliphatic carbocycles. The molecule has 12 heteroatoms. The van der Waals surface area contributed by atoms with E-state index < -0.39 is 0 Å². The lowest BCUT2D eigenvalue weighted by Gasteiger charge is -2.06. The number of nitrogens with zero attached hydrogens (tertiary/aromatic N) is 4. The first-order valence-electron chi connectivity index (χ1n) is 9.49. The highest BCUT2D eigenvalue weighted by Gasteiger charge is 2.14. The summed E-state index contributed by atoms with van der Waals surface area (Å²) >= 11 is 14.7. The number of nitrogens with one attached hydrogen (secondary N) is 1. The number of carbonyl (C=O) groups excluding carboxylic acids is 1. The van der Waals surface area contributed by atoms with E-state index in [1.165, 1.54) is 47.4 Å². The third-order valence-corrected chi connectivity index (χ3v) is 6.72. The summed E-state index contributed by atoms with van der Waals surface area (Å²) in [7, 11) is 1.78. The number of hydrogen-bond donors (Lipinski definition) is 1. The molecule has 0 spiro atoms. The van der Waals surface area contributed by atoms with E-state index in [9.17, 15) is 9.18 Å². The lowest BCUT2D eigenvalue weighted by Crippen LogP contribution is -2.14. The highest BCUT2D eigenvalue weighted by Crippen LogP contribution is 2.32. The van der Waals surface area contributed by atoms with Crippen molar-refractivity contribution in [2.75, 3.05) is 11.1 Å². The van der Waals surface area contributed by atoms with Crippen LogP contribution in [0.4, 0.5) is 9.52 Å². The average Bonchev–Trinajstić information content (AvgIpc) is 3.38. The molecule has 0 radical (unpaired) electrons. The molecule has 0 saturated heterocycles. The number of halogens is 3. The van der Waals surface area contributed by atoms with Crippen molar-refractivity contribution in [2.45, 2.75) is 11.8 Å². The molecule has 0 saturated carbocycles. The number of amides is 1. The molecule has 170 valence electrons. The molecule has 7 nitrogen and oxygen atoms in total. The second-order valence-corrected chi connectivity index (χ2v) is 9.34. The lowest BCUT2D eigenvalue weighted by molar-refractivity contribution is -0.113. The van der Waals surface area contributed by atoms with E-state index in [1.54, 1.807) is 29.8 Å². The van der Waals surface area contributed by atoms with E-state index in [0.29, 0.717) is 37.6 Å². The van der Waals surface area contributed by atoms with Gasteiger partial charge in [0.1, 0.15) is 18.2 Å². The molecule has 1 N–H and O–H groups in total. The van der Waals surface area contributed by atoms with Gasteiger partial charge >= 0.3 is 0 Å². The number of benzene rings is 2. The molecule has 4 aromatic rings. The van der Waals surface area contributed by atoms with Gasteiger partial charge in [-0.25, -0.2) is 9.37 Å². The molecule has 0 unspecified atom stereocenters. The van der Waals surface area contributed by atoms with Crippen LogP contribution in [0.5, 0.6) is 5.75 Å².